The standard InChI is InChI=1S/C48H59N5O6/c1-59-42-22-20-39(32-40(42)37-14-8-5-9-15-37)52-38-18-16-36(17-19-38)25-31-51-34-44(55)47(26-27-48(57,58)46-41(47)21-23-45(56)53-46)43(54)33-50-29-11-3-2-10-28-49-30-24-35-12-6-4-7-13-35/h4-9,12-23,26-27,32,43-44,49-52,54-55,57-58H,2-3,10-11,24-25,28-31,33-34H2,1H3,(H,53,56). The molecule has 0 radical (unpaired) electrons. The van der Waals surface area contributed by atoms with Gasteiger partial charge >= 0.3 is 0 Å². The fraction of sp³-hybridized carbons (Fsp3) is 0.354. The first-order valence-electron chi connectivity index (χ1n) is 20.7. The summed E-state index contributed by atoms with van der Waals surface area (Å²) in [4.78, 5) is 14.8. The molecule has 1 aliphatic carbocycles. The molecule has 1 heterocycles. The number of anilines is 2. The Kier molecular flexibility index (Phi) is 15.6. The minimum absolute atomic E-state index is 0.101. The summed E-state index contributed by atoms with van der Waals surface area (Å²) in [6.07, 6.45) is 6.11. The quantitative estimate of drug-likeness (QED) is 0.0241. The van der Waals surface area contributed by atoms with E-state index in [4.69, 9.17) is 4.74 Å². The van der Waals surface area contributed by atoms with E-state index in [0.29, 0.717) is 19.5 Å². The number of rotatable bonds is 23. The van der Waals surface area contributed by atoms with E-state index in [1.165, 1.54) is 23.8 Å². The van der Waals surface area contributed by atoms with Crippen molar-refractivity contribution < 1.29 is 25.2 Å². The molecule has 312 valence electrons. The number of ether oxygens (including phenoxy) is 1. The molecule has 0 fully saturated rings. The second kappa shape index (κ2) is 21.2. The van der Waals surface area contributed by atoms with Crippen molar-refractivity contribution in [3.8, 4) is 16.9 Å². The third kappa shape index (κ3) is 11.6. The van der Waals surface area contributed by atoms with Gasteiger partial charge in [0.15, 0.2) is 0 Å². The van der Waals surface area contributed by atoms with Gasteiger partial charge in [0.05, 0.1) is 30.4 Å². The highest BCUT2D eigenvalue weighted by Crippen LogP contribution is 2.42. The van der Waals surface area contributed by atoms with E-state index < -0.39 is 29.0 Å². The Labute approximate surface area is 347 Å². The van der Waals surface area contributed by atoms with Gasteiger partial charge in [-0.15, -0.1) is 0 Å². The Morgan fingerprint density at radius 1 is 0.644 bits per heavy atom. The van der Waals surface area contributed by atoms with Crippen LogP contribution < -0.4 is 31.6 Å². The van der Waals surface area contributed by atoms with Gasteiger partial charge in [0.25, 0.3) is 0 Å². The van der Waals surface area contributed by atoms with Crippen LogP contribution in [0.4, 0.5) is 11.4 Å². The third-order valence-electron chi connectivity index (χ3n) is 11.1. The van der Waals surface area contributed by atoms with Crippen LogP contribution in [0.3, 0.4) is 0 Å². The number of benzene rings is 4. The van der Waals surface area contributed by atoms with Crippen molar-refractivity contribution in [3.05, 3.63) is 160 Å². The van der Waals surface area contributed by atoms with Gasteiger partial charge in [-0.3, -0.25) is 4.79 Å². The number of methoxy groups -OCH3 is 1. The van der Waals surface area contributed by atoms with Gasteiger partial charge < -0.3 is 51.4 Å². The van der Waals surface area contributed by atoms with Crippen LogP contribution in [0.1, 0.15) is 48.1 Å². The van der Waals surface area contributed by atoms with Crippen LogP contribution in [-0.4, -0.2) is 84.0 Å². The summed E-state index contributed by atoms with van der Waals surface area (Å²) in [5.74, 6) is -1.66. The molecule has 0 saturated carbocycles. The zero-order valence-corrected chi connectivity index (χ0v) is 33.9. The average Bonchev–Trinajstić information content (AvgIpc) is 3.25. The Morgan fingerprint density at radius 2 is 1.24 bits per heavy atom. The predicted octanol–water partition coefficient (Wildman–Crippen LogP) is 5.28. The zero-order chi connectivity index (χ0) is 41.5. The van der Waals surface area contributed by atoms with Gasteiger partial charge in [-0.2, -0.15) is 0 Å². The Balaban J connectivity index is 0.992. The number of aliphatic hydroxyl groups excluding tert-OH is 2. The van der Waals surface area contributed by atoms with Gasteiger partial charge in [0.2, 0.25) is 11.3 Å². The van der Waals surface area contributed by atoms with Crippen molar-refractivity contribution in [1.29, 1.82) is 0 Å². The summed E-state index contributed by atoms with van der Waals surface area (Å²) in [5, 5.41) is 58.8. The summed E-state index contributed by atoms with van der Waals surface area (Å²) in [6, 6.07) is 37.5. The number of aliphatic hydroxyl groups is 4. The van der Waals surface area contributed by atoms with Crippen molar-refractivity contribution in [2.45, 2.75) is 61.9 Å². The van der Waals surface area contributed by atoms with Crippen LogP contribution in [-0.2, 0) is 24.0 Å². The molecule has 4 aromatic carbocycles. The van der Waals surface area contributed by atoms with Crippen LogP contribution in [0.5, 0.6) is 5.75 Å². The lowest BCUT2D eigenvalue weighted by molar-refractivity contribution is -0.135. The van der Waals surface area contributed by atoms with E-state index in [2.05, 4.69) is 80.8 Å². The highest BCUT2D eigenvalue weighted by atomic mass is 16.5. The van der Waals surface area contributed by atoms with E-state index in [-0.39, 0.29) is 24.3 Å². The molecule has 5 aromatic rings. The van der Waals surface area contributed by atoms with Crippen molar-refractivity contribution in [1.82, 2.24) is 20.9 Å². The molecule has 11 heteroatoms. The van der Waals surface area contributed by atoms with Gasteiger partial charge in [0, 0.05) is 36.1 Å². The lowest BCUT2D eigenvalue weighted by Gasteiger charge is -2.45. The van der Waals surface area contributed by atoms with Gasteiger partial charge in [-0.1, -0.05) is 97.8 Å². The minimum atomic E-state index is -2.46. The average molecular weight is 802 g/mol. The zero-order valence-electron chi connectivity index (χ0n) is 33.9. The maximum Gasteiger partial charge on any atom is 0.248 e. The van der Waals surface area contributed by atoms with Crippen molar-refractivity contribution in [2.75, 3.05) is 51.7 Å². The number of aromatic nitrogens is 1. The molecule has 3 unspecified atom stereocenters. The number of pyridine rings is 1. The number of fused-ring (bicyclic) bond motifs is 1. The van der Waals surface area contributed by atoms with Crippen LogP contribution in [0.25, 0.3) is 11.1 Å². The smallest absolute Gasteiger partial charge is 0.248 e. The molecule has 9 N–H and O–H groups in total. The van der Waals surface area contributed by atoms with Gasteiger partial charge in [0.1, 0.15) is 5.75 Å². The number of hydrogen-bond acceptors (Lipinski definition) is 10. The SMILES string of the molecule is COc1ccc(Nc2ccc(CCNCC(O)C3(C(O)CNCCCCCCNCCc4ccccc4)C=CC(O)(O)c4[nH]c(=O)ccc43)cc2)cc1-c1ccccc1. The molecule has 0 amide bonds. The van der Waals surface area contributed by atoms with Crippen molar-refractivity contribution in [2.24, 2.45) is 0 Å². The molecule has 1 aromatic heterocycles. The number of unbranched alkanes of at least 4 members (excludes halogenated alkanes) is 3. The third-order valence-corrected chi connectivity index (χ3v) is 11.1. The Hall–Kier alpha value is -5.11. The van der Waals surface area contributed by atoms with Gasteiger partial charge in [-0.05, 0) is 111 Å². The number of hydrogen-bond donors (Lipinski definition) is 9. The molecular weight excluding hydrogens is 743 g/mol. The second-order valence-electron chi connectivity index (χ2n) is 15.3. The van der Waals surface area contributed by atoms with E-state index in [1.807, 2.05) is 48.5 Å². The number of nitrogens with one attached hydrogen (secondary N) is 5. The first-order valence-corrected chi connectivity index (χ1v) is 20.7. The summed E-state index contributed by atoms with van der Waals surface area (Å²) in [7, 11) is 1.67. The van der Waals surface area contributed by atoms with Crippen LogP contribution in [0, 0.1) is 0 Å². The second-order valence-corrected chi connectivity index (χ2v) is 15.3. The fourth-order valence-corrected chi connectivity index (χ4v) is 7.81. The lowest BCUT2D eigenvalue weighted by atomic mass is 9.66. The molecule has 0 aliphatic heterocycles. The van der Waals surface area contributed by atoms with Crippen molar-refractivity contribution in [3.63, 3.8) is 0 Å². The van der Waals surface area contributed by atoms with Crippen LogP contribution >= 0.6 is 0 Å². The highest BCUT2D eigenvalue weighted by molar-refractivity contribution is 5.76. The van der Waals surface area contributed by atoms with E-state index in [1.54, 1.807) is 7.11 Å². The van der Waals surface area contributed by atoms with E-state index in [0.717, 1.165) is 85.1 Å². The molecule has 0 saturated heterocycles. The maximum absolute atomic E-state index is 12.3. The molecule has 6 rings (SSSR count). The molecule has 11 nitrogen and oxygen atoms in total. The van der Waals surface area contributed by atoms with Crippen molar-refractivity contribution >= 4 is 11.4 Å². The molecule has 0 bridgehead atoms. The summed E-state index contributed by atoms with van der Waals surface area (Å²) < 4.78 is 5.61. The van der Waals surface area contributed by atoms with Crippen LogP contribution in [0.15, 0.2) is 132 Å². The number of H-pyrrole nitrogens is 1. The van der Waals surface area contributed by atoms with E-state index >= 15 is 0 Å². The molecule has 59 heavy (non-hydrogen) atoms. The Morgan fingerprint density at radius 3 is 1.92 bits per heavy atom. The largest absolute Gasteiger partial charge is 0.496 e. The van der Waals surface area contributed by atoms with Gasteiger partial charge in [-0.25, -0.2) is 0 Å². The predicted molar refractivity (Wildman–Crippen MR) is 235 cm³/mol. The first-order chi connectivity index (χ1) is 28.7. The molecular formula is C48H59N5O6. The monoisotopic (exact) mass is 801 g/mol. The molecule has 3 atom stereocenters. The molecule has 1 aliphatic rings. The maximum atomic E-state index is 12.3. The summed E-state index contributed by atoms with van der Waals surface area (Å²) >= 11 is 0. The highest BCUT2D eigenvalue weighted by Gasteiger charge is 2.50. The summed E-state index contributed by atoms with van der Waals surface area (Å²) in [5.41, 5.74) is 4.52. The summed E-state index contributed by atoms with van der Waals surface area (Å²) in [6.45, 7) is 3.41. The minimum Gasteiger partial charge on any atom is -0.496 e. The topological polar surface area (TPSA) is 171 Å². The molecule has 0 spiro atoms. The normalized spacial score (nSPS) is 16.6. The number of aromatic amines is 1. The van der Waals surface area contributed by atoms with E-state index in [9.17, 15) is 25.2 Å². The first kappa shape index (κ1) is 43.5. The fourth-order valence-electron chi connectivity index (χ4n) is 7.81. The van der Waals surface area contributed by atoms with Crippen LogP contribution in [0.2, 0.25) is 0 Å². The Bertz CT molecular complexity index is 2130. The lowest BCUT2D eigenvalue weighted by Crippen LogP contribution is -2.57.